The Balaban J connectivity index is 1.98. The average molecular weight is 354 g/mol. The highest BCUT2D eigenvalue weighted by molar-refractivity contribution is 7.98. The van der Waals surface area contributed by atoms with Gasteiger partial charge in [0.15, 0.2) is 0 Å². The summed E-state index contributed by atoms with van der Waals surface area (Å²) in [7, 11) is 0. The molecule has 2 nitrogen and oxygen atoms in total. The zero-order chi connectivity index (χ0) is 18.2. The fraction of sp³-hybridized carbons (Fsp3) is 0.0435. The molecule has 0 aliphatic rings. The van der Waals surface area contributed by atoms with Crippen LogP contribution in [0.2, 0.25) is 0 Å². The van der Waals surface area contributed by atoms with E-state index in [9.17, 15) is 5.26 Å². The first kappa shape index (κ1) is 17.7. The van der Waals surface area contributed by atoms with Crippen molar-refractivity contribution in [2.45, 2.75) is 5.03 Å². The SMILES string of the molecule is CSc1nc(/C=C/c2ccccc2)cc(/C=C/c2ccccc2)c1C#N. The molecule has 26 heavy (non-hydrogen) atoms. The highest BCUT2D eigenvalue weighted by Gasteiger charge is 2.09. The first-order valence-electron chi connectivity index (χ1n) is 8.25. The first-order chi connectivity index (χ1) is 12.8. The summed E-state index contributed by atoms with van der Waals surface area (Å²) >= 11 is 1.49. The Labute approximate surface area is 158 Å². The number of nitriles is 1. The van der Waals surface area contributed by atoms with Gasteiger partial charge in [0.25, 0.3) is 0 Å². The molecular formula is C23H18N2S. The lowest BCUT2D eigenvalue weighted by molar-refractivity contribution is 1.09. The molecule has 0 unspecified atom stereocenters. The van der Waals surface area contributed by atoms with E-state index in [4.69, 9.17) is 0 Å². The van der Waals surface area contributed by atoms with Gasteiger partial charge in [-0.3, -0.25) is 0 Å². The molecule has 0 bridgehead atoms. The number of aromatic nitrogens is 1. The lowest BCUT2D eigenvalue weighted by Crippen LogP contribution is -1.94. The summed E-state index contributed by atoms with van der Waals surface area (Å²) in [6.07, 6.45) is 9.96. The van der Waals surface area contributed by atoms with Crippen LogP contribution in [-0.4, -0.2) is 11.2 Å². The molecule has 0 aliphatic carbocycles. The van der Waals surface area contributed by atoms with Crippen molar-refractivity contribution in [3.63, 3.8) is 0 Å². The third-order valence-electron chi connectivity index (χ3n) is 3.84. The third kappa shape index (κ3) is 4.50. The number of pyridine rings is 1. The lowest BCUT2D eigenvalue weighted by Gasteiger charge is -2.06. The van der Waals surface area contributed by atoms with Crippen molar-refractivity contribution in [1.29, 1.82) is 5.26 Å². The van der Waals surface area contributed by atoms with Crippen molar-refractivity contribution in [3.8, 4) is 6.07 Å². The van der Waals surface area contributed by atoms with Crippen molar-refractivity contribution in [1.82, 2.24) is 4.98 Å². The minimum absolute atomic E-state index is 0.613. The fourth-order valence-electron chi connectivity index (χ4n) is 2.53. The summed E-state index contributed by atoms with van der Waals surface area (Å²) in [6, 6.07) is 24.4. The number of nitrogens with zero attached hydrogens (tertiary/aromatic N) is 2. The van der Waals surface area contributed by atoms with Gasteiger partial charge in [-0.2, -0.15) is 5.26 Å². The van der Waals surface area contributed by atoms with Crippen molar-refractivity contribution >= 4 is 36.1 Å². The Morgan fingerprint density at radius 1 is 0.846 bits per heavy atom. The molecule has 3 rings (SSSR count). The van der Waals surface area contributed by atoms with Crippen LogP contribution in [0.5, 0.6) is 0 Å². The predicted molar refractivity (Wildman–Crippen MR) is 111 cm³/mol. The summed E-state index contributed by atoms with van der Waals surface area (Å²) < 4.78 is 0. The zero-order valence-corrected chi connectivity index (χ0v) is 15.3. The molecule has 0 atom stereocenters. The van der Waals surface area contributed by atoms with Gasteiger partial charge in [-0.05, 0) is 35.1 Å². The molecular weight excluding hydrogens is 336 g/mol. The van der Waals surface area contributed by atoms with E-state index >= 15 is 0 Å². The van der Waals surface area contributed by atoms with Crippen LogP contribution in [0.4, 0.5) is 0 Å². The second-order valence-corrected chi connectivity index (χ2v) is 6.42. The highest BCUT2D eigenvalue weighted by atomic mass is 32.2. The van der Waals surface area contributed by atoms with Gasteiger partial charge in [-0.1, -0.05) is 78.9 Å². The van der Waals surface area contributed by atoms with Crippen LogP contribution in [0.15, 0.2) is 71.8 Å². The Kier molecular flexibility index (Phi) is 6.03. The molecule has 2 aromatic carbocycles. The monoisotopic (exact) mass is 354 g/mol. The molecule has 0 amide bonds. The third-order valence-corrected chi connectivity index (χ3v) is 4.52. The number of hydrogen-bond donors (Lipinski definition) is 0. The van der Waals surface area contributed by atoms with Crippen LogP contribution >= 0.6 is 11.8 Å². The number of benzene rings is 2. The van der Waals surface area contributed by atoms with Crippen LogP contribution in [-0.2, 0) is 0 Å². The Bertz CT molecular complexity index is 968. The van der Waals surface area contributed by atoms with Crippen LogP contribution in [0.3, 0.4) is 0 Å². The minimum atomic E-state index is 0.613. The Morgan fingerprint density at radius 3 is 1.96 bits per heavy atom. The minimum Gasteiger partial charge on any atom is -0.241 e. The van der Waals surface area contributed by atoms with Crippen molar-refractivity contribution in [3.05, 3.63) is 94.7 Å². The maximum Gasteiger partial charge on any atom is 0.115 e. The molecule has 0 saturated heterocycles. The van der Waals surface area contributed by atoms with Crippen molar-refractivity contribution in [2.75, 3.05) is 6.26 Å². The molecule has 0 N–H and O–H groups in total. The Morgan fingerprint density at radius 2 is 1.42 bits per heavy atom. The second-order valence-electron chi connectivity index (χ2n) is 5.62. The van der Waals surface area contributed by atoms with Gasteiger partial charge in [-0.15, -0.1) is 11.8 Å². The van der Waals surface area contributed by atoms with Crippen LogP contribution in [0.25, 0.3) is 24.3 Å². The van der Waals surface area contributed by atoms with Crippen LogP contribution < -0.4 is 0 Å². The highest BCUT2D eigenvalue weighted by Crippen LogP contribution is 2.24. The standard InChI is InChI=1S/C23H18N2S/c1-26-23-22(17-24)20(14-12-18-8-4-2-5-9-18)16-21(25-23)15-13-19-10-6-3-7-11-19/h2-16H,1H3/b14-12+,15-13+. The first-order valence-corrected chi connectivity index (χ1v) is 9.48. The maximum atomic E-state index is 9.57. The molecule has 3 heteroatoms. The van der Waals surface area contributed by atoms with E-state index in [1.54, 1.807) is 0 Å². The molecule has 1 aromatic heterocycles. The quantitative estimate of drug-likeness (QED) is 0.526. The lowest BCUT2D eigenvalue weighted by atomic mass is 10.1. The topological polar surface area (TPSA) is 36.7 Å². The Hall–Kier alpha value is -3.09. The molecule has 0 spiro atoms. The van der Waals surface area contributed by atoms with Gasteiger partial charge in [0, 0.05) is 0 Å². The second kappa shape index (κ2) is 8.84. The normalized spacial score (nSPS) is 11.1. The zero-order valence-electron chi connectivity index (χ0n) is 14.5. The van der Waals surface area contributed by atoms with Gasteiger partial charge in [0.05, 0.1) is 11.3 Å². The number of hydrogen-bond acceptors (Lipinski definition) is 3. The summed E-state index contributed by atoms with van der Waals surface area (Å²) in [5, 5.41) is 10.3. The van der Waals surface area contributed by atoms with Crippen molar-refractivity contribution < 1.29 is 0 Å². The van der Waals surface area contributed by atoms with E-state index in [1.807, 2.05) is 97.3 Å². The summed E-state index contributed by atoms with van der Waals surface area (Å²) in [5.74, 6) is 0. The summed E-state index contributed by atoms with van der Waals surface area (Å²) in [6.45, 7) is 0. The molecule has 0 radical (unpaired) electrons. The molecule has 0 saturated carbocycles. The van der Waals surface area contributed by atoms with Gasteiger partial charge < -0.3 is 0 Å². The summed E-state index contributed by atoms with van der Waals surface area (Å²) in [5.41, 5.74) is 4.54. The van der Waals surface area contributed by atoms with Gasteiger partial charge in [-0.25, -0.2) is 4.98 Å². The van der Waals surface area contributed by atoms with E-state index < -0.39 is 0 Å². The molecule has 126 valence electrons. The molecule has 0 fully saturated rings. The maximum absolute atomic E-state index is 9.57. The van der Waals surface area contributed by atoms with E-state index in [0.717, 1.165) is 27.4 Å². The van der Waals surface area contributed by atoms with Gasteiger partial charge >= 0.3 is 0 Å². The summed E-state index contributed by atoms with van der Waals surface area (Å²) in [4.78, 5) is 4.61. The molecule has 3 aromatic rings. The molecule has 0 aliphatic heterocycles. The van der Waals surface area contributed by atoms with Gasteiger partial charge in [0.1, 0.15) is 11.1 Å². The van der Waals surface area contributed by atoms with E-state index in [2.05, 4.69) is 11.1 Å². The smallest absolute Gasteiger partial charge is 0.115 e. The van der Waals surface area contributed by atoms with Gasteiger partial charge in [0.2, 0.25) is 0 Å². The van der Waals surface area contributed by atoms with Crippen LogP contribution in [0.1, 0.15) is 27.9 Å². The number of rotatable bonds is 5. The predicted octanol–water partition coefficient (Wildman–Crippen LogP) is 6.02. The van der Waals surface area contributed by atoms with Crippen LogP contribution in [0, 0.1) is 11.3 Å². The van der Waals surface area contributed by atoms with E-state index in [0.29, 0.717) is 5.56 Å². The average Bonchev–Trinajstić information content (AvgIpc) is 2.71. The largest absolute Gasteiger partial charge is 0.241 e. The van der Waals surface area contributed by atoms with E-state index in [1.165, 1.54) is 11.8 Å². The fourth-order valence-corrected chi connectivity index (χ4v) is 3.10. The molecule has 1 heterocycles. The van der Waals surface area contributed by atoms with Crippen molar-refractivity contribution in [2.24, 2.45) is 0 Å². The number of thioether (sulfide) groups is 1. The van der Waals surface area contributed by atoms with E-state index in [-0.39, 0.29) is 0 Å².